The van der Waals surface area contributed by atoms with Crippen LogP contribution < -0.4 is 51.5 Å². The Morgan fingerprint density at radius 3 is 0.571 bits per heavy atom. The maximum atomic E-state index is 9.87. The Balaban J connectivity index is 0.000000243. The quantitative estimate of drug-likeness (QED) is 0.0172. The zero-order valence-corrected chi connectivity index (χ0v) is 65.3. The van der Waals surface area contributed by atoms with Gasteiger partial charge in [0.05, 0.1) is 0 Å². The number of benzene rings is 9. The van der Waals surface area contributed by atoms with E-state index in [1.807, 2.05) is 72.8 Å². The van der Waals surface area contributed by atoms with Gasteiger partial charge in [0.15, 0.2) is 0 Å². The number of aryl methyl sites for hydroxylation is 2. The van der Waals surface area contributed by atoms with E-state index in [0.717, 1.165) is 86.5 Å². The van der Waals surface area contributed by atoms with Crippen molar-refractivity contribution in [1.29, 1.82) is 0 Å². The molecule has 570 valence electrons. The third kappa shape index (κ3) is 30.3. The van der Waals surface area contributed by atoms with Gasteiger partial charge < -0.3 is 46.6 Å². The molecule has 10 nitrogen and oxygen atoms in total. The first-order chi connectivity index (χ1) is 50.3. The molecule has 0 unspecified atom stereocenters. The minimum Gasteiger partial charge on any atom is -0.399 e. The van der Waals surface area contributed by atoms with Crippen molar-refractivity contribution in [2.24, 2.45) is 0 Å². The van der Waals surface area contributed by atoms with Gasteiger partial charge in [-0.25, -0.2) is 4.90 Å². The molecule has 105 heavy (non-hydrogen) atoms. The molecule has 0 amide bonds. The summed E-state index contributed by atoms with van der Waals surface area (Å²) in [4.78, 5) is 16.1. The molecule has 0 fully saturated rings. The van der Waals surface area contributed by atoms with Crippen molar-refractivity contribution in [1.82, 2.24) is 0 Å². The zero-order valence-electron chi connectivity index (χ0n) is 64.4. The minimum atomic E-state index is -10.7. The molecule has 9 aromatic carbocycles. The summed E-state index contributed by atoms with van der Waals surface area (Å²) in [5, 5.41) is 0. The third-order valence-electron chi connectivity index (χ3n) is 18.3. The van der Waals surface area contributed by atoms with E-state index in [0.29, 0.717) is 0 Å². The Morgan fingerprint density at radius 2 is 0.381 bits per heavy atom. The second-order valence-corrected chi connectivity index (χ2v) is 29.3. The van der Waals surface area contributed by atoms with Crippen LogP contribution in [0, 0.1) is 13.8 Å². The van der Waals surface area contributed by atoms with E-state index >= 15 is 0 Å². The van der Waals surface area contributed by atoms with Crippen LogP contribution in [-0.2, 0) is 0 Å². The van der Waals surface area contributed by atoms with Gasteiger partial charge in [-0.2, -0.15) is 0 Å². The van der Waals surface area contributed by atoms with Crippen molar-refractivity contribution in [3.63, 3.8) is 0 Å². The smallest absolute Gasteiger partial charge is 0.0463 e. The number of nitrogens with zero attached hydrogens (tertiary/aromatic N) is 6. The molecule has 0 aliphatic carbocycles. The van der Waals surface area contributed by atoms with Gasteiger partial charge in [-0.15, -0.1) is 0 Å². The molecule has 0 radical (unpaired) electrons. The number of nitrogens with two attached hydrogens (primary N) is 3. The van der Waals surface area contributed by atoms with E-state index in [-0.39, 0.29) is 0 Å². The molecular formula is C88H121F6N10P. The molecule has 9 aromatic rings. The maximum Gasteiger partial charge on any atom is 0.0463 e. The summed E-state index contributed by atoms with van der Waals surface area (Å²) in [5.74, 6) is 0. The Bertz CT molecular complexity index is 3380. The normalized spacial score (nSPS) is 11.7. The minimum absolute atomic E-state index is 0.735. The van der Waals surface area contributed by atoms with Crippen LogP contribution in [0.4, 0.5) is 116 Å². The molecule has 0 atom stereocenters. The van der Waals surface area contributed by atoms with E-state index < -0.39 is 7.81 Å². The second-order valence-electron chi connectivity index (χ2n) is 27.4. The summed E-state index contributed by atoms with van der Waals surface area (Å²) >= 11 is 0. The standard InChI is InChI=1S/2C35H51N3.C18H18N4.F6P/c2*1-6-10-26-36(27-11-7-2)31-18-22-34(23-19-31)38(33-16-14-30(5)15-17-33)35-24-20-32(21-25-35)37(28-12-8-3)29-13-9-4;19-13-1-7-16(8-2-13)22(17-9-3-14(20)4-10-17)18-11-5-15(21)6-12-18;1-7(2,3,4,5)6/h2*14-25H,6-13,26-29H2,1-5H3;1-12H,19-21H2;/q;;;-1/p+1. The van der Waals surface area contributed by atoms with Crippen LogP contribution in [-0.4, -0.2) is 52.4 Å². The number of halogens is 6. The van der Waals surface area contributed by atoms with Crippen LogP contribution in [0.2, 0.25) is 0 Å². The SMILES string of the molecule is CCCCN(CCCC)c1ccc(N(c2ccc(C)cc2)c2ccc(N(CCCC)CCCC)cc2)cc1.CCCCN(CCCC)c1ccc([NH+](c2ccc(C)cc2)c2ccc(N(CCCC)CCCC)cc2)cc1.F[P-](F)(F)(F)(F)F.Nc1ccc(N(c2ccc(N)cc2)c2ccc(N)cc2)cc1. The number of nitrogen functional groups attached to an aromatic ring is 3. The van der Waals surface area contributed by atoms with Crippen LogP contribution in [0.25, 0.3) is 0 Å². The summed E-state index contributed by atoms with van der Waals surface area (Å²) in [6.45, 7) is 31.6. The third-order valence-corrected chi connectivity index (χ3v) is 18.3. The average Bonchev–Trinajstić information content (AvgIpc) is 0.797. The van der Waals surface area contributed by atoms with Crippen LogP contribution >= 0.6 is 7.81 Å². The molecule has 0 saturated heterocycles. The van der Waals surface area contributed by atoms with Gasteiger partial charge in [-0.05, 0) is 223 Å². The maximum absolute atomic E-state index is 10.7. The molecule has 0 bridgehead atoms. The first-order valence-corrected chi connectivity index (χ1v) is 40.5. The van der Waals surface area contributed by atoms with Crippen LogP contribution in [0.3, 0.4) is 0 Å². The molecule has 0 spiro atoms. The number of unbranched alkanes of at least 4 members (excludes halogenated alkanes) is 8. The number of hydrogen-bond donors (Lipinski definition) is 4. The molecule has 0 aromatic heterocycles. The predicted octanol–water partition coefficient (Wildman–Crippen LogP) is 26.6. The Hall–Kier alpha value is -8.85. The number of anilines is 13. The number of quaternary nitrogens is 1. The topological polar surface area (TPSA) is 102 Å². The van der Waals surface area contributed by atoms with Gasteiger partial charge in [0, 0.05) is 163 Å². The van der Waals surface area contributed by atoms with Gasteiger partial charge in [0.1, 0.15) is 17.1 Å². The van der Waals surface area contributed by atoms with Crippen molar-refractivity contribution in [2.75, 3.05) is 99.0 Å². The first-order valence-electron chi connectivity index (χ1n) is 38.4. The number of rotatable bonds is 37. The molecular weight excluding hydrogens is 1340 g/mol. The van der Waals surface area contributed by atoms with Crippen molar-refractivity contribution < 1.29 is 30.1 Å². The fourth-order valence-corrected chi connectivity index (χ4v) is 12.3. The van der Waals surface area contributed by atoms with E-state index in [1.165, 1.54) is 176 Å². The van der Waals surface area contributed by atoms with Gasteiger partial charge in [0.2, 0.25) is 0 Å². The van der Waals surface area contributed by atoms with Gasteiger partial charge >= 0.3 is 33.0 Å². The summed E-state index contributed by atoms with van der Waals surface area (Å²) in [6.07, 6.45) is 19.8. The predicted molar refractivity (Wildman–Crippen MR) is 446 cm³/mol. The Labute approximate surface area is 626 Å². The van der Waals surface area contributed by atoms with Crippen LogP contribution in [0.1, 0.15) is 169 Å². The molecule has 0 saturated carbocycles. The summed E-state index contributed by atoms with van der Waals surface area (Å²) in [6, 6.07) is 78.2. The largest absolute Gasteiger partial charge is 0.399 e. The molecule has 7 N–H and O–H groups in total. The van der Waals surface area contributed by atoms with E-state index in [4.69, 9.17) is 17.2 Å². The van der Waals surface area contributed by atoms with Crippen molar-refractivity contribution >= 4 is 98.8 Å². The monoisotopic (exact) mass is 1460 g/mol. The summed E-state index contributed by atoms with van der Waals surface area (Å²) < 4.78 is 59.2. The molecule has 17 heteroatoms. The average molecular weight is 1460 g/mol. The van der Waals surface area contributed by atoms with Crippen molar-refractivity contribution in [3.8, 4) is 0 Å². The van der Waals surface area contributed by atoms with Crippen molar-refractivity contribution in [2.45, 2.75) is 172 Å². The zero-order chi connectivity index (χ0) is 76.3. The second kappa shape index (κ2) is 42.3. The van der Waals surface area contributed by atoms with Gasteiger partial charge in [-0.3, -0.25) is 0 Å². The van der Waals surface area contributed by atoms with Gasteiger partial charge in [0.25, 0.3) is 0 Å². The van der Waals surface area contributed by atoms with Crippen LogP contribution in [0.15, 0.2) is 218 Å². The fraction of sp³-hybridized carbons (Fsp3) is 0.386. The fourth-order valence-electron chi connectivity index (χ4n) is 12.3. The Kier molecular flexibility index (Phi) is 34.3. The van der Waals surface area contributed by atoms with E-state index in [9.17, 15) is 25.2 Å². The summed E-state index contributed by atoms with van der Waals surface area (Å²) in [7, 11) is -10.7. The van der Waals surface area contributed by atoms with Gasteiger partial charge in [-0.1, -0.05) is 142 Å². The molecule has 0 heterocycles. The van der Waals surface area contributed by atoms with Crippen LogP contribution in [0.5, 0.6) is 0 Å². The van der Waals surface area contributed by atoms with E-state index in [2.05, 4.69) is 244 Å². The summed E-state index contributed by atoms with van der Waals surface area (Å²) in [5.41, 5.74) is 38.0. The van der Waals surface area contributed by atoms with Crippen molar-refractivity contribution in [3.05, 3.63) is 230 Å². The Morgan fingerprint density at radius 1 is 0.238 bits per heavy atom. The first kappa shape index (κ1) is 85.1. The number of hydrogen-bond acceptors (Lipinski definition) is 9. The molecule has 9 rings (SSSR count). The van der Waals surface area contributed by atoms with E-state index in [1.54, 1.807) is 0 Å². The molecule has 0 aliphatic rings. The molecule has 0 aliphatic heterocycles. The number of nitrogens with one attached hydrogen (secondary N) is 1.